The summed E-state index contributed by atoms with van der Waals surface area (Å²) in [6.07, 6.45) is 11.4. The third kappa shape index (κ3) is 2.91. The minimum absolute atomic E-state index is 0.262. The normalized spacial score (nSPS) is 32.5. The number of aliphatic hydroxyl groups is 1. The molecule has 1 aromatic rings. The monoisotopic (exact) mass is 278 g/mol. The summed E-state index contributed by atoms with van der Waals surface area (Å²) in [6.45, 7) is 0.262. The maximum atomic E-state index is 9.48. The van der Waals surface area contributed by atoms with Gasteiger partial charge in [0.25, 0.3) is 0 Å². The number of allylic oxidation sites excluding steroid dienone is 2. The molecule has 20 heavy (non-hydrogen) atoms. The topological polar surface area (TPSA) is 83.9 Å². The number of aliphatic hydroxyl groups excluding tert-OH is 1. The second kappa shape index (κ2) is 6.45. The maximum Gasteiger partial charge on any atom is 0.148 e. The van der Waals surface area contributed by atoms with E-state index in [-0.39, 0.29) is 6.61 Å². The number of aromatic nitrogens is 4. The van der Waals surface area contributed by atoms with Crippen LogP contribution >= 0.6 is 0 Å². The fourth-order valence-corrected chi connectivity index (χ4v) is 3.49. The van der Waals surface area contributed by atoms with E-state index in [0.717, 1.165) is 44.3 Å². The van der Waals surface area contributed by atoms with Crippen molar-refractivity contribution in [1.29, 1.82) is 0 Å². The first-order valence-corrected chi connectivity index (χ1v) is 7.52. The van der Waals surface area contributed by atoms with Gasteiger partial charge in [0.2, 0.25) is 0 Å². The van der Waals surface area contributed by atoms with Crippen molar-refractivity contribution in [2.24, 2.45) is 11.8 Å². The second-order valence-electron chi connectivity index (χ2n) is 5.75. The van der Waals surface area contributed by atoms with E-state index >= 15 is 0 Å². The van der Waals surface area contributed by atoms with E-state index in [2.05, 4.69) is 32.8 Å². The Kier molecular flexibility index (Phi) is 4.42. The molecule has 2 bridgehead atoms. The molecule has 0 radical (unpaired) electrons. The van der Waals surface area contributed by atoms with Crippen LogP contribution in [-0.2, 0) is 11.2 Å². The van der Waals surface area contributed by atoms with Gasteiger partial charge in [0.15, 0.2) is 0 Å². The van der Waals surface area contributed by atoms with Crippen LogP contribution in [0.1, 0.15) is 37.9 Å². The lowest BCUT2D eigenvalue weighted by Gasteiger charge is -2.25. The van der Waals surface area contributed by atoms with Gasteiger partial charge < -0.3 is 9.84 Å². The van der Waals surface area contributed by atoms with Crippen LogP contribution in [0.2, 0.25) is 0 Å². The first kappa shape index (κ1) is 13.7. The lowest BCUT2D eigenvalue weighted by atomic mass is 9.78. The number of H-pyrrole nitrogens is 1. The summed E-state index contributed by atoms with van der Waals surface area (Å²) in [5.41, 5.74) is 0. The third-order valence-electron chi connectivity index (χ3n) is 4.55. The molecule has 0 aromatic carbocycles. The van der Waals surface area contributed by atoms with Crippen molar-refractivity contribution >= 4 is 0 Å². The predicted octanol–water partition coefficient (Wildman–Crippen LogP) is 1.25. The Hall–Kier alpha value is -1.27. The Morgan fingerprint density at radius 1 is 1.25 bits per heavy atom. The molecule has 0 spiro atoms. The number of aryl methyl sites for hydroxylation is 1. The molecule has 2 fully saturated rings. The molecule has 3 heterocycles. The van der Waals surface area contributed by atoms with Crippen molar-refractivity contribution in [3.05, 3.63) is 18.0 Å². The highest BCUT2D eigenvalue weighted by Crippen LogP contribution is 2.44. The maximum absolute atomic E-state index is 9.48. The number of tetrazole rings is 1. The van der Waals surface area contributed by atoms with Crippen molar-refractivity contribution in [2.45, 2.75) is 50.7 Å². The number of rotatable bonds is 7. The molecule has 110 valence electrons. The minimum Gasteiger partial charge on any atom is -0.396 e. The van der Waals surface area contributed by atoms with Crippen LogP contribution in [0.25, 0.3) is 0 Å². The first-order chi connectivity index (χ1) is 9.88. The zero-order valence-electron chi connectivity index (χ0n) is 11.6. The van der Waals surface area contributed by atoms with Gasteiger partial charge >= 0.3 is 0 Å². The Bertz CT molecular complexity index is 434. The summed E-state index contributed by atoms with van der Waals surface area (Å²) in [7, 11) is 0. The van der Waals surface area contributed by atoms with Crippen molar-refractivity contribution in [3.8, 4) is 0 Å². The molecule has 2 N–H and O–H groups in total. The van der Waals surface area contributed by atoms with E-state index in [0.29, 0.717) is 24.0 Å². The van der Waals surface area contributed by atoms with Gasteiger partial charge in [-0.05, 0) is 48.4 Å². The number of hydrogen-bond donors (Lipinski definition) is 2. The summed E-state index contributed by atoms with van der Waals surface area (Å²) < 4.78 is 5.90. The quantitative estimate of drug-likeness (QED) is 0.579. The van der Waals surface area contributed by atoms with Gasteiger partial charge in [0, 0.05) is 18.9 Å². The standard InChI is InChI=1S/C14H22N4O2/c19-9-11-10(12-7-8-13(11)20-12)5-3-1-2-4-6-14-15-17-18-16-14/h1,3,10-13,19H,2,4-9H2,(H,15,16,17,18)/b3-1-/t10-,11+,12+,13-/m1/s1. The molecule has 2 aliphatic heterocycles. The second-order valence-corrected chi connectivity index (χ2v) is 5.75. The van der Waals surface area contributed by atoms with Gasteiger partial charge in [-0.15, -0.1) is 5.10 Å². The molecule has 6 nitrogen and oxygen atoms in total. The highest BCUT2D eigenvalue weighted by atomic mass is 16.5. The van der Waals surface area contributed by atoms with Gasteiger partial charge in [0.1, 0.15) is 5.82 Å². The highest BCUT2D eigenvalue weighted by Gasteiger charge is 2.47. The van der Waals surface area contributed by atoms with Crippen LogP contribution < -0.4 is 0 Å². The lowest BCUT2D eigenvalue weighted by Crippen LogP contribution is -2.29. The van der Waals surface area contributed by atoms with Gasteiger partial charge in [0.05, 0.1) is 12.2 Å². The van der Waals surface area contributed by atoms with E-state index in [1.807, 2.05) is 0 Å². The molecule has 1 aromatic heterocycles. The average molecular weight is 278 g/mol. The number of nitrogens with one attached hydrogen (secondary N) is 1. The van der Waals surface area contributed by atoms with E-state index in [1.54, 1.807) is 0 Å². The third-order valence-corrected chi connectivity index (χ3v) is 4.55. The molecule has 6 heteroatoms. The van der Waals surface area contributed by atoms with Gasteiger partial charge in [-0.3, -0.25) is 0 Å². The zero-order valence-corrected chi connectivity index (χ0v) is 11.6. The fraction of sp³-hybridized carbons (Fsp3) is 0.786. The molecule has 2 saturated heterocycles. The molecule has 0 amide bonds. The molecule has 3 rings (SSSR count). The molecule has 0 unspecified atom stereocenters. The van der Waals surface area contributed by atoms with Crippen molar-refractivity contribution in [3.63, 3.8) is 0 Å². The smallest absolute Gasteiger partial charge is 0.148 e. The summed E-state index contributed by atoms with van der Waals surface area (Å²) in [4.78, 5) is 0. The molecular formula is C14H22N4O2. The fourth-order valence-electron chi connectivity index (χ4n) is 3.49. The Balaban J connectivity index is 1.37. The zero-order chi connectivity index (χ0) is 13.8. The Labute approximate surface area is 118 Å². The summed E-state index contributed by atoms with van der Waals surface area (Å²) in [6, 6.07) is 0. The number of unbranched alkanes of at least 4 members (excludes halogenated alkanes) is 1. The van der Waals surface area contributed by atoms with E-state index in [9.17, 15) is 5.11 Å². The van der Waals surface area contributed by atoms with Crippen molar-refractivity contribution < 1.29 is 9.84 Å². The van der Waals surface area contributed by atoms with Gasteiger partial charge in [-0.25, -0.2) is 5.10 Å². The van der Waals surface area contributed by atoms with E-state index in [4.69, 9.17) is 4.74 Å². The summed E-state index contributed by atoms with van der Waals surface area (Å²) >= 11 is 0. The van der Waals surface area contributed by atoms with Crippen LogP contribution in [0.15, 0.2) is 12.2 Å². The first-order valence-electron chi connectivity index (χ1n) is 7.52. The number of hydrogen-bond acceptors (Lipinski definition) is 5. The van der Waals surface area contributed by atoms with Crippen LogP contribution in [0, 0.1) is 11.8 Å². The van der Waals surface area contributed by atoms with Crippen molar-refractivity contribution in [2.75, 3.05) is 6.61 Å². The largest absolute Gasteiger partial charge is 0.396 e. The molecule has 0 saturated carbocycles. The average Bonchev–Trinajstić information content (AvgIpc) is 3.18. The Morgan fingerprint density at radius 3 is 2.85 bits per heavy atom. The van der Waals surface area contributed by atoms with Crippen molar-refractivity contribution in [1.82, 2.24) is 20.6 Å². The van der Waals surface area contributed by atoms with Gasteiger partial charge in [-0.2, -0.15) is 0 Å². The summed E-state index contributed by atoms with van der Waals surface area (Å²) in [5, 5.41) is 23.2. The molecule has 4 atom stereocenters. The molecular weight excluding hydrogens is 256 g/mol. The minimum atomic E-state index is 0.262. The van der Waals surface area contributed by atoms with Crippen LogP contribution in [-0.4, -0.2) is 44.5 Å². The van der Waals surface area contributed by atoms with E-state index in [1.165, 1.54) is 0 Å². The SMILES string of the molecule is OC[C@H]1[C@@H](C/C=C\CCCc2nnn[nH]2)[C@@H]2CC[C@H]1O2. The highest BCUT2D eigenvalue weighted by molar-refractivity contribution is 4.99. The lowest BCUT2D eigenvalue weighted by molar-refractivity contribution is 0.0787. The molecule has 2 aliphatic rings. The number of fused-ring (bicyclic) bond motifs is 2. The number of nitrogens with zero attached hydrogens (tertiary/aromatic N) is 3. The molecule has 0 aliphatic carbocycles. The Morgan fingerprint density at radius 2 is 2.10 bits per heavy atom. The van der Waals surface area contributed by atoms with E-state index < -0.39 is 0 Å². The van der Waals surface area contributed by atoms with Gasteiger partial charge in [-0.1, -0.05) is 12.2 Å². The predicted molar refractivity (Wildman–Crippen MR) is 72.8 cm³/mol. The number of ether oxygens (including phenoxy) is 1. The van der Waals surface area contributed by atoms with Crippen LogP contribution in [0.5, 0.6) is 0 Å². The van der Waals surface area contributed by atoms with Crippen LogP contribution in [0.3, 0.4) is 0 Å². The summed E-state index contributed by atoms with van der Waals surface area (Å²) in [5.74, 6) is 1.70. The number of aromatic amines is 1. The van der Waals surface area contributed by atoms with Crippen LogP contribution in [0.4, 0.5) is 0 Å².